The summed E-state index contributed by atoms with van der Waals surface area (Å²) in [5.74, 6) is 1.28. The smallest absolute Gasteiger partial charge is 0.431 e. The number of H-pyrrole nitrogens is 1. The zero-order valence-corrected chi connectivity index (χ0v) is 10.5. The number of aromatic nitrogens is 1. The Balaban J connectivity index is 2.33. The molecule has 2 rings (SSSR count). The highest BCUT2D eigenvalue weighted by molar-refractivity contribution is 7.98. The summed E-state index contributed by atoms with van der Waals surface area (Å²) in [7, 11) is 0. The predicted molar refractivity (Wildman–Crippen MR) is 67.2 cm³/mol. The summed E-state index contributed by atoms with van der Waals surface area (Å²) in [5.41, 5.74) is -0.317. The summed E-state index contributed by atoms with van der Waals surface area (Å²) in [5, 5.41) is 0.464. The summed E-state index contributed by atoms with van der Waals surface area (Å²) >= 11 is 1.62. The summed E-state index contributed by atoms with van der Waals surface area (Å²) in [4.78, 5) is 2.36. The molecule has 98 valence electrons. The molecule has 0 saturated heterocycles. The van der Waals surface area contributed by atoms with Crippen molar-refractivity contribution in [2.45, 2.75) is 6.18 Å². The van der Waals surface area contributed by atoms with Crippen LogP contribution in [0.15, 0.2) is 24.3 Å². The largest absolute Gasteiger partial charge is 0.492 e. The highest BCUT2D eigenvalue weighted by atomic mass is 32.2. The second-order valence-electron chi connectivity index (χ2n) is 3.74. The van der Waals surface area contributed by atoms with Gasteiger partial charge in [0.2, 0.25) is 0 Å². The van der Waals surface area contributed by atoms with Crippen LogP contribution in [-0.2, 0) is 6.18 Å². The Morgan fingerprint density at radius 1 is 1.33 bits per heavy atom. The standard InChI is InChI=1S/C12H12F3NOS/c1-18-6-5-17-10-4-2-3-9-8(10)7-11(16-9)12(13,14)15/h2-4,7,16H,5-6H2,1H3. The topological polar surface area (TPSA) is 25.0 Å². The van der Waals surface area contributed by atoms with E-state index in [4.69, 9.17) is 4.74 Å². The number of halogens is 3. The summed E-state index contributed by atoms with van der Waals surface area (Å²) in [6.07, 6.45) is -2.42. The first-order valence-electron chi connectivity index (χ1n) is 5.33. The van der Waals surface area contributed by atoms with Crippen LogP contribution in [0.25, 0.3) is 10.9 Å². The molecule has 1 N–H and O–H groups in total. The summed E-state index contributed by atoms with van der Waals surface area (Å²) in [6.45, 7) is 0.479. The summed E-state index contributed by atoms with van der Waals surface area (Å²) in [6, 6.07) is 6.04. The van der Waals surface area contributed by atoms with Crippen LogP contribution in [0, 0.1) is 0 Å². The monoisotopic (exact) mass is 275 g/mol. The zero-order valence-electron chi connectivity index (χ0n) is 9.67. The Morgan fingerprint density at radius 2 is 2.11 bits per heavy atom. The second-order valence-corrected chi connectivity index (χ2v) is 4.73. The molecule has 0 aliphatic heterocycles. The Labute approximate surface area is 107 Å². The molecule has 0 atom stereocenters. The average molecular weight is 275 g/mol. The number of alkyl halides is 3. The molecule has 0 bridgehead atoms. The van der Waals surface area contributed by atoms with Crippen molar-refractivity contribution in [3.63, 3.8) is 0 Å². The fraction of sp³-hybridized carbons (Fsp3) is 0.333. The van der Waals surface area contributed by atoms with Crippen LogP contribution in [0.5, 0.6) is 5.75 Å². The number of aromatic amines is 1. The van der Waals surface area contributed by atoms with Crippen LogP contribution in [-0.4, -0.2) is 23.6 Å². The van der Waals surface area contributed by atoms with Gasteiger partial charge in [-0.15, -0.1) is 0 Å². The third-order valence-corrected chi connectivity index (χ3v) is 3.05. The fourth-order valence-corrected chi connectivity index (χ4v) is 1.89. The van der Waals surface area contributed by atoms with Gasteiger partial charge < -0.3 is 9.72 Å². The van der Waals surface area contributed by atoms with Crippen molar-refractivity contribution in [1.29, 1.82) is 0 Å². The van der Waals surface area contributed by atoms with E-state index < -0.39 is 11.9 Å². The predicted octanol–water partition coefficient (Wildman–Crippen LogP) is 3.93. The van der Waals surface area contributed by atoms with Crippen molar-refractivity contribution in [3.05, 3.63) is 30.0 Å². The van der Waals surface area contributed by atoms with Gasteiger partial charge in [-0.2, -0.15) is 24.9 Å². The summed E-state index contributed by atoms with van der Waals surface area (Å²) < 4.78 is 43.2. The number of benzene rings is 1. The van der Waals surface area contributed by atoms with E-state index in [0.717, 1.165) is 11.8 Å². The molecule has 0 saturated carbocycles. The molecule has 2 nitrogen and oxygen atoms in total. The lowest BCUT2D eigenvalue weighted by Gasteiger charge is -2.05. The molecular weight excluding hydrogens is 263 g/mol. The van der Waals surface area contributed by atoms with Crippen molar-refractivity contribution >= 4 is 22.7 Å². The van der Waals surface area contributed by atoms with Crippen LogP contribution in [0.3, 0.4) is 0 Å². The number of thioether (sulfide) groups is 1. The highest BCUT2D eigenvalue weighted by Gasteiger charge is 2.32. The van der Waals surface area contributed by atoms with Crippen molar-refractivity contribution in [1.82, 2.24) is 4.98 Å². The Kier molecular flexibility index (Phi) is 3.75. The SMILES string of the molecule is CSCCOc1cccc2[nH]c(C(F)(F)F)cc12. The first-order chi connectivity index (χ1) is 8.52. The second kappa shape index (κ2) is 5.14. The van der Waals surface area contributed by atoms with Gasteiger partial charge in [0.15, 0.2) is 0 Å². The van der Waals surface area contributed by atoms with Crippen molar-refractivity contribution in [3.8, 4) is 5.75 Å². The minimum Gasteiger partial charge on any atom is -0.492 e. The molecule has 18 heavy (non-hydrogen) atoms. The molecule has 0 unspecified atom stereocenters. The number of fused-ring (bicyclic) bond motifs is 1. The van der Waals surface area contributed by atoms with Gasteiger partial charge >= 0.3 is 6.18 Å². The van der Waals surface area contributed by atoms with Crippen molar-refractivity contribution < 1.29 is 17.9 Å². The maximum atomic E-state index is 12.6. The van der Waals surface area contributed by atoms with E-state index in [9.17, 15) is 13.2 Å². The van der Waals surface area contributed by atoms with Crippen molar-refractivity contribution in [2.24, 2.45) is 0 Å². The lowest BCUT2D eigenvalue weighted by molar-refractivity contribution is -0.140. The fourth-order valence-electron chi connectivity index (χ4n) is 1.64. The third-order valence-electron chi connectivity index (χ3n) is 2.47. The maximum absolute atomic E-state index is 12.6. The zero-order chi connectivity index (χ0) is 13.2. The third kappa shape index (κ3) is 2.75. The Bertz CT molecular complexity index is 536. The van der Waals surface area contributed by atoms with E-state index in [1.54, 1.807) is 30.0 Å². The quantitative estimate of drug-likeness (QED) is 0.855. The van der Waals surface area contributed by atoms with Gasteiger partial charge in [0.05, 0.1) is 6.61 Å². The van der Waals surface area contributed by atoms with Crippen LogP contribution < -0.4 is 4.74 Å². The molecule has 0 fully saturated rings. The van der Waals surface area contributed by atoms with Crippen LogP contribution in [0.4, 0.5) is 13.2 Å². The molecular formula is C12H12F3NOS. The molecule has 0 aliphatic carbocycles. The molecule has 0 radical (unpaired) electrons. The van der Waals surface area contributed by atoms with E-state index in [1.165, 1.54) is 0 Å². The Morgan fingerprint density at radius 3 is 2.78 bits per heavy atom. The highest BCUT2D eigenvalue weighted by Crippen LogP contribution is 2.34. The number of hydrogen-bond donors (Lipinski definition) is 1. The van der Waals surface area contributed by atoms with Gasteiger partial charge in [0.1, 0.15) is 11.4 Å². The van der Waals surface area contributed by atoms with Crippen molar-refractivity contribution in [2.75, 3.05) is 18.6 Å². The molecule has 1 aromatic carbocycles. The maximum Gasteiger partial charge on any atom is 0.431 e. The number of ether oxygens (including phenoxy) is 1. The molecule has 1 aromatic heterocycles. The van der Waals surface area contributed by atoms with Gasteiger partial charge in [-0.1, -0.05) is 6.07 Å². The minimum absolute atomic E-state index is 0.434. The minimum atomic E-state index is -4.37. The van der Waals surface area contributed by atoms with Gasteiger partial charge in [-0.05, 0) is 24.5 Å². The first-order valence-corrected chi connectivity index (χ1v) is 6.72. The van der Waals surface area contributed by atoms with Gasteiger partial charge in [-0.25, -0.2) is 0 Å². The van der Waals surface area contributed by atoms with Crippen LogP contribution >= 0.6 is 11.8 Å². The van der Waals surface area contributed by atoms with Crippen LogP contribution in [0.2, 0.25) is 0 Å². The van der Waals surface area contributed by atoms with Crippen LogP contribution in [0.1, 0.15) is 5.69 Å². The van der Waals surface area contributed by atoms with Gasteiger partial charge in [0, 0.05) is 16.7 Å². The molecule has 1 heterocycles. The van der Waals surface area contributed by atoms with E-state index in [-0.39, 0.29) is 0 Å². The molecule has 2 aromatic rings. The van der Waals surface area contributed by atoms with E-state index in [0.29, 0.717) is 23.3 Å². The molecule has 0 aliphatic rings. The lowest BCUT2D eigenvalue weighted by Crippen LogP contribution is -2.04. The lowest BCUT2D eigenvalue weighted by atomic mass is 10.2. The average Bonchev–Trinajstić information content (AvgIpc) is 2.73. The number of nitrogens with one attached hydrogen (secondary N) is 1. The Hall–Kier alpha value is -1.30. The molecule has 6 heteroatoms. The molecule has 0 amide bonds. The van der Waals surface area contributed by atoms with E-state index in [1.807, 2.05) is 6.26 Å². The van der Waals surface area contributed by atoms with Gasteiger partial charge in [-0.3, -0.25) is 0 Å². The normalized spacial score (nSPS) is 12.0. The van der Waals surface area contributed by atoms with E-state index >= 15 is 0 Å². The van der Waals surface area contributed by atoms with Gasteiger partial charge in [0.25, 0.3) is 0 Å². The first kappa shape index (κ1) is 13.1. The number of hydrogen-bond acceptors (Lipinski definition) is 2. The van der Waals surface area contributed by atoms with E-state index in [2.05, 4.69) is 4.98 Å². The number of rotatable bonds is 4. The molecule has 0 spiro atoms.